The first-order valence-corrected chi connectivity index (χ1v) is 25.8. The number of aromatic nitrogens is 2. The van der Waals surface area contributed by atoms with Crippen molar-refractivity contribution >= 4 is 52.3 Å². The molecule has 6 amide bonds. The minimum absolute atomic E-state index is 0.000121. The Balaban J connectivity index is 0.785. The number of imide groups is 1. The minimum atomic E-state index is -1.99. The summed E-state index contributed by atoms with van der Waals surface area (Å²) in [5.74, 6) is -3.61. The topological polar surface area (TPSA) is 266 Å². The quantitative estimate of drug-likeness (QED) is 0.0212. The third-order valence-corrected chi connectivity index (χ3v) is 14.9. The predicted octanol–water partition coefficient (Wildman–Crippen LogP) is 2.26. The third kappa shape index (κ3) is 11.9. The number of carbonyl (C=O) groups is 7. The van der Waals surface area contributed by atoms with Crippen molar-refractivity contribution in [1.29, 1.82) is 0 Å². The second-order valence-electron chi connectivity index (χ2n) is 20.1. The van der Waals surface area contributed by atoms with E-state index in [1.165, 1.54) is 18.2 Å². The van der Waals surface area contributed by atoms with E-state index in [0.29, 0.717) is 61.0 Å². The lowest BCUT2D eigenvalue weighted by molar-refractivity contribution is -0.172. The summed E-state index contributed by atoms with van der Waals surface area (Å²) in [5, 5.41) is 26.1. The van der Waals surface area contributed by atoms with Gasteiger partial charge >= 0.3 is 5.97 Å². The third-order valence-electron chi connectivity index (χ3n) is 14.9. The van der Waals surface area contributed by atoms with Crippen LogP contribution < -0.4 is 32.1 Å². The van der Waals surface area contributed by atoms with Gasteiger partial charge in [0, 0.05) is 65.2 Å². The number of nitrogens with zero attached hydrogens (tertiary/aromatic N) is 3. The maximum absolute atomic E-state index is 15.5. The maximum atomic E-state index is 15.5. The number of benzene rings is 2. The van der Waals surface area contributed by atoms with Gasteiger partial charge in [-0.2, -0.15) is 0 Å². The SMILES string of the molecule is CC[C@@]1(O)C(=O)OCc2c1cc1n(c2=O)Cc2c-1nc1cc(F)c(C)c3c1c2[C@](C)(COCCOCNC(=O)CNC(C)[C@H](Cc1ccccc1)NC(=O)CNC(=O)CNC(=O)CCCCCN1C(=O)C=CC1=O)CC3. The molecule has 0 fully saturated rings. The zero-order valence-corrected chi connectivity index (χ0v) is 43.2. The van der Waals surface area contributed by atoms with E-state index in [-0.39, 0.29) is 125 Å². The number of aliphatic hydroxyl groups is 1. The van der Waals surface area contributed by atoms with E-state index in [4.69, 9.17) is 19.2 Å². The van der Waals surface area contributed by atoms with Crippen molar-refractivity contribution in [2.24, 2.45) is 0 Å². The van der Waals surface area contributed by atoms with Crippen LogP contribution >= 0.6 is 0 Å². The van der Waals surface area contributed by atoms with E-state index in [1.54, 1.807) is 24.5 Å². The molecule has 76 heavy (non-hydrogen) atoms. The molecule has 8 rings (SSSR count). The summed E-state index contributed by atoms with van der Waals surface area (Å²) in [6, 6.07) is 11.7. The monoisotopic (exact) mass is 1050 g/mol. The van der Waals surface area contributed by atoms with Crippen molar-refractivity contribution in [2.75, 3.05) is 52.7 Å². The Labute approximate surface area is 438 Å². The summed E-state index contributed by atoms with van der Waals surface area (Å²) >= 11 is 0. The molecule has 21 heteroatoms. The van der Waals surface area contributed by atoms with E-state index in [9.17, 15) is 43.5 Å². The van der Waals surface area contributed by atoms with E-state index in [1.807, 2.05) is 37.3 Å². The maximum Gasteiger partial charge on any atom is 0.343 e. The van der Waals surface area contributed by atoms with Crippen molar-refractivity contribution in [1.82, 2.24) is 41.0 Å². The van der Waals surface area contributed by atoms with Crippen LogP contribution in [0.1, 0.15) is 98.2 Å². The van der Waals surface area contributed by atoms with Gasteiger partial charge < -0.3 is 50.5 Å². The summed E-state index contributed by atoms with van der Waals surface area (Å²) in [4.78, 5) is 107. The van der Waals surface area contributed by atoms with Gasteiger partial charge in [0.05, 0.1) is 68.5 Å². The second kappa shape index (κ2) is 23.8. The number of unbranched alkanes of at least 4 members (excludes halogenated alkanes) is 2. The highest BCUT2D eigenvalue weighted by Crippen LogP contribution is 2.49. The Hall–Kier alpha value is -7.20. The first-order chi connectivity index (χ1) is 36.4. The van der Waals surface area contributed by atoms with Gasteiger partial charge in [-0.1, -0.05) is 50.6 Å². The largest absolute Gasteiger partial charge is 0.458 e. The van der Waals surface area contributed by atoms with Crippen LogP contribution in [0.5, 0.6) is 0 Å². The van der Waals surface area contributed by atoms with E-state index >= 15 is 4.39 Å². The normalized spacial score (nSPS) is 18.9. The van der Waals surface area contributed by atoms with Crippen molar-refractivity contribution < 1.29 is 57.3 Å². The molecule has 0 saturated heterocycles. The average molecular weight is 1050 g/mol. The molecule has 0 radical (unpaired) electrons. The molecule has 2 aromatic heterocycles. The predicted molar refractivity (Wildman–Crippen MR) is 275 cm³/mol. The number of hydrogen-bond acceptors (Lipinski definition) is 14. The number of carbonyl (C=O) groups excluding carboxylic acids is 7. The number of pyridine rings is 2. The molecule has 404 valence electrons. The summed E-state index contributed by atoms with van der Waals surface area (Å²) in [6.45, 7) is 7.26. The van der Waals surface area contributed by atoms with Crippen LogP contribution in [-0.4, -0.2) is 126 Å². The zero-order valence-electron chi connectivity index (χ0n) is 43.2. The summed E-state index contributed by atoms with van der Waals surface area (Å²) < 4.78 is 34.3. The lowest BCUT2D eigenvalue weighted by Crippen LogP contribution is -2.53. The number of halogens is 1. The molecule has 4 atom stereocenters. The Morgan fingerprint density at radius 3 is 2.34 bits per heavy atom. The van der Waals surface area contributed by atoms with Crippen molar-refractivity contribution in [3.63, 3.8) is 0 Å². The van der Waals surface area contributed by atoms with Crippen LogP contribution in [0.3, 0.4) is 0 Å². The lowest BCUT2D eigenvalue weighted by Gasteiger charge is -2.37. The molecular weight excluding hydrogens is 984 g/mol. The van der Waals surface area contributed by atoms with Gasteiger partial charge in [0.1, 0.15) is 19.2 Å². The first kappa shape index (κ1) is 55.0. The van der Waals surface area contributed by atoms with Crippen LogP contribution in [0.25, 0.3) is 22.3 Å². The number of nitrogens with one attached hydrogen (secondary N) is 5. The number of esters is 1. The Kier molecular flexibility index (Phi) is 17.2. The molecule has 6 N–H and O–H groups in total. The molecule has 5 heterocycles. The molecule has 0 saturated carbocycles. The van der Waals surface area contributed by atoms with Crippen molar-refractivity contribution in [2.45, 2.75) is 115 Å². The Bertz CT molecular complexity index is 3020. The molecule has 2 aromatic carbocycles. The number of rotatable bonds is 25. The van der Waals surface area contributed by atoms with Gasteiger partial charge in [0.15, 0.2) is 5.60 Å². The van der Waals surface area contributed by atoms with E-state index < -0.39 is 40.9 Å². The molecule has 1 unspecified atom stereocenters. The molecule has 4 aliphatic rings. The van der Waals surface area contributed by atoms with Gasteiger partial charge in [-0.25, -0.2) is 14.2 Å². The number of aryl methyl sites for hydroxylation is 1. The molecule has 0 bridgehead atoms. The van der Waals surface area contributed by atoms with Gasteiger partial charge in [0.2, 0.25) is 23.6 Å². The highest BCUT2D eigenvalue weighted by atomic mass is 19.1. The fourth-order valence-corrected chi connectivity index (χ4v) is 10.5. The second-order valence-corrected chi connectivity index (χ2v) is 20.1. The minimum Gasteiger partial charge on any atom is -0.458 e. The van der Waals surface area contributed by atoms with Crippen molar-refractivity contribution in [3.8, 4) is 11.4 Å². The van der Waals surface area contributed by atoms with Crippen LogP contribution in [0.2, 0.25) is 0 Å². The number of cyclic esters (lactones) is 1. The number of hydrogen-bond donors (Lipinski definition) is 6. The molecular formula is C55H65FN8O12. The molecule has 0 spiro atoms. The van der Waals surface area contributed by atoms with Crippen LogP contribution in [0.15, 0.2) is 59.4 Å². The van der Waals surface area contributed by atoms with Gasteiger partial charge in [-0.15, -0.1) is 0 Å². The highest BCUT2D eigenvalue weighted by Gasteiger charge is 2.47. The molecule has 4 aromatic rings. The smallest absolute Gasteiger partial charge is 0.343 e. The summed E-state index contributed by atoms with van der Waals surface area (Å²) in [6.07, 6.45) is 5.89. The van der Waals surface area contributed by atoms with Gasteiger partial charge in [0.25, 0.3) is 17.4 Å². The zero-order chi connectivity index (χ0) is 54.3. The molecule has 20 nitrogen and oxygen atoms in total. The Morgan fingerprint density at radius 2 is 1.59 bits per heavy atom. The Morgan fingerprint density at radius 1 is 0.882 bits per heavy atom. The molecule has 3 aliphatic heterocycles. The summed E-state index contributed by atoms with van der Waals surface area (Å²) in [5.41, 5.74) is 2.83. The number of amides is 6. The van der Waals surface area contributed by atoms with Gasteiger partial charge in [-0.3, -0.25) is 38.5 Å². The average Bonchev–Trinajstić information content (AvgIpc) is 4.03. The number of fused-ring (bicyclic) bond motifs is 5. The lowest BCUT2D eigenvalue weighted by atomic mass is 9.69. The van der Waals surface area contributed by atoms with Crippen LogP contribution in [0, 0.1) is 12.7 Å². The number of ether oxygens (including phenoxy) is 3. The fourth-order valence-electron chi connectivity index (χ4n) is 10.5. The summed E-state index contributed by atoms with van der Waals surface area (Å²) in [7, 11) is 0. The molecule has 1 aliphatic carbocycles. The van der Waals surface area contributed by atoms with Crippen molar-refractivity contribution in [3.05, 3.63) is 110 Å². The van der Waals surface area contributed by atoms with Gasteiger partial charge in [-0.05, 0) is 80.7 Å². The fraction of sp³-hybridized carbons (Fsp3) is 0.473. The van der Waals surface area contributed by atoms with Crippen LogP contribution in [0.4, 0.5) is 4.39 Å². The highest BCUT2D eigenvalue weighted by molar-refractivity contribution is 6.12. The van der Waals surface area contributed by atoms with Crippen LogP contribution in [-0.2, 0) is 84.8 Å². The van der Waals surface area contributed by atoms with E-state index in [0.717, 1.165) is 32.5 Å². The standard InChI is InChI=1S/C55H65FN8O12/c1-5-55(73)38-23-42-51-36(28-64(42)52(71)37(38)29-76-53(55)72)50-49-35(32(2)39(56)24-41(49)62-51)17-18-54(50,4)30-74-20-21-75-31-60-45(67)25-57-33(3)40(22-34-12-8-6-9-13-34)61-46(68)27-59-44(66)26-58-43(65)14-10-7-11-19-63-47(69)15-16-48(63)70/h6,8-9,12-13,15-16,23-24,33,40,57,73H,5,7,10-11,14,17-22,25-31H2,1-4H3,(H,58,65)(H,59,66)(H,60,67)(H,61,68)/t33?,40-,54-,55-/m0/s1. The van der Waals surface area contributed by atoms with E-state index in [2.05, 4.69) is 33.5 Å². The first-order valence-electron chi connectivity index (χ1n) is 25.8.